The van der Waals surface area contributed by atoms with Crippen molar-refractivity contribution in [2.45, 2.75) is 38.5 Å². The van der Waals surface area contributed by atoms with Crippen molar-refractivity contribution in [1.29, 1.82) is 0 Å². The molecule has 1 amide bonds. The fourth-order valence-electron chi connectivity index (χ4n) is 2.09. The van der Waals surface area contributed by atoms with Crippen molar-refractivity contribution in [1.82, 2.24) is 4.90 Å². The topological polar surface area (TPSA) is 91.7 Å². The van der Waals surface area contributed by atoms with Crippen molar-refractivity contribution in [2.24, 2.45) is 0 Å². The van der Waals surface area contributed by atoms with Crippen molar-refractivity contribution >= 4 is 21.7 Å². The molecule has 0 aromatic heterocycles. The summed E-state index contributed by atoms with van der Waals surface area (Å²) in [5.41, 5.74) is 0. The predicted octanol–water partition coefficient (Wildman–Crippen LogP) is 0.669. The summed E-state index contributed by atoms with van der Waals surface area (Å²) in [7, 11) is -3.41. The van der Waals surface area contributed by atoms with Crippen molar-refractivity contribution in [3.05, 3.63) is 0 Å². The molecule has 7 heteroatoms. The molecule has 0 spiro atoms. The lowest BCUT2D eigenvalue weighted by atomic mass is 10.1. The van der Waals surface area contributed by atoms with Gasteiger partial charge in [0.15, 0.2) is 9.84 Å². The number of aliphatic carboxylic acids is 1. The van der Waals surface area contributed by atoms with E-state index in [1.54, 1.807) is 4.90 Å². The molecule has 1 heterocycles. The van der Waals surface area contributed by atoms with Crippen LogP contribution in [-0.2, 0) is 19.4 Å². The summed E-state index contributed by atoms with van der Waals surface area (Å²) in [6.45, 7) is 1.29. The normalized spacial score (nSPS) is 16.3. The Morgan fingerprint density at radius 2 is 1.68 bits per heavy atom. The number of carbonyl (C=O) groups excluding carboxylic acids is 1. The lowest BCUT2D eigenvalue weighted by Crippen LogP contribution is -2.39. The molecule has 0 aliphatic carbocycles. The molecule has 1 fully saturated rings. The van der Waals surface area contributed by atoms with Gasteiger partial charge in [-0.2, -0.15) is 0 Å². The fraction of sp³-hybridized carbons (Fsp3) is 0.833. The van der Waals surface area contributed by atoms with E-state index in [2.05, 4.69) is 0 Å². The number of nitrogens with zero attached hydrogens (tertiary/aromatic N) is 1. The Labute approximate surface area is 113 Å². The van der Waals surface area contributed by atoms with Crippen LogP contribution in [0.1, 0.15) is 38.5 Å². The maximum atomic E-state index is 11.8. The third kappa shape index (κ3) is 6.56. The van der Waals surface area contributed by atoms with E-state index < -0.39 is 21.6 Å². The second kappa shape index (κ2) is 7.47. The van der Waals surface area contributed by atoms with Gasteiger partial charge in [0.1, 0.15) is 5.75 Å². The highest BCUT2D eigenvalue weighted by Gasteiger charge is 2.22. The lowest BCUT2D eigenvalue weighted by Gasteiger charge is -2.26. The number of unbranched alkanes of at least 4 members (excludes halogenated alkanes) is 1. The first-order valence-corrected chi connectivity index (χ1v) is 8.43. The van der Waals surface area contributed by atoms with Crippen LogP contribution in [0.3, 0.4) is 0 Å². The monoisotopic (exact) mass is 291 g/mol. The minimum Gasteiger partial charge on any atom is -0.481 e. The molecule has 1 aliphatic rings. The van der Waals surface area contributed by atoms with E-state index in [4.69, 9.17) is 5.11 Å². The van der Waals surface area contributed by atoms with E-state index >= 15 is 0 Å². The Morgan fingerprint density at radius 3 is 2.26 bits per heavy atom. The number of amides is 1. The van der Waals surface area contributed by atoms with Crippen molar-refractivity contribution < 1.29 is 23.1 Å². The number of piperidine rings is 1. The minimum atomic E-state index is -3.41. The summed E-state index contributed by atoms with van der Waals surface area (Å²) in [5.74, 6) is -1.81. The van der Waals surface area contributed by atoms with Gasteiger partial charge in [-0.25, -0.2) is 8.42 Å². The van der Waals surface area contributed by atoms with Gasteiger partial charge < -0.3 is 10.0 Å². The first-order valence-electron chi connectivity index (χ1n) is 6.61. The molecule has 1 N–H and O–H groups in total. The number of carbonyl (C=O) groups is 2. The Balaban J connectivity index is 2.32. The predicted molar refractivity (Wildman–Crippen MR) is 70.6 cm³/mol. The van der Waals surface area contributed by atoms with Gasteiger partial charge in [0.05, 0.1) is 5.75 Å². The van der Waals surface area contributed by atoms with Crippen LogP contribution in [0.2, 0.25) is 0 Å². The molecular formula is C12H21NO5S. The third-order valence-corrected chi connectivity index (χ3v) is 4.75. The van der Waals surface area contributed by atoms with E-state index in [1.807, 2.05) is 0 Å². The Morgan fingerprint density at radius 1 is 1.05 bits per heavy atom. The molecule has 1 rings (SSSR count). The summed E-state index contributed by atoms with van der Waals surface area (Å²) < 4.78 is 23.5. The number of hydrogen-bond acceptors (Lipinski definition) is 4. The van der Waals surface area contributed by atoms with E-state index in [1.165, 1.54) is 0 Å². The largest absolute Gasteiger partial charge is 0.481 e. The molecule has 1 aliphatic heterocycles. The van der Waals surface area contributed by atoms with Crippen molar-refractivity contribution in [2.75, 3.05) is 24.6 Å². The highest BCUT2D eigenvalue weighted by Crippen LogP contribution is 2.10. The van der Waals surface area contributed by atoms with E-state index in [-0.39, 0.29) is 18.1 Å². The molecule has 110 valence electrons. The van der Waals surface area contributed by atoms with Crippen molar-refractivity contribution in [3.63, 3.8) is 0 Å². The third-order valence-electron chi connectivity index (χ3n) is 3.15. The summed E-state index contributed by atoms with van der Waals surface area (Å²) >= 11 is 0. The zero-order valence-corrected chi connectivity index (χ0v) is 11.8. The zero-order chi connectivity index (χ0) is 14.3. The first-order chi connectivity index (χ1) is 8.91. The van der Waals surface area contributed by atoms with Crippen LogP contribution in [0.25, 0.3) is 0 Å². The Hall–Kier alpha value is -1.11. The highest BCUT2D eigenvalue weighted by atomic mass is 32.2. The van der Waals surface area contributed by atoms with E-state index in [9.17, 15) is 18.0 Å². The maximum absolute atomic E-state index is 11.8. The molecule has 6 nitrogen and oxygen atoms in total. The van der Waals surface area contributed by atoms with Gasteiger partial charge in [-0.1, -0.05) is 0 Å². The van der Waals surface area contributed by atoms with Gasteiger partial charge in [-0.15, -0.1) is 0 Å². The Bertz CT molecular complexity index is 412. The van der Waals surface area contributed by atoms with Gasteiger partial charge in [-0.3, -0.25) is 9.59 Å². The van der Waals surface area contributed by atoms with Crippen LogP contribution in [0.4, 0.5) is 0 Å². The number of hydrogen-bond donors (Lipinski definition) is 1. The fourth-order valence-corrected chi connectivity index (χ4v) is 3.44. The van der Waals surface area contributed by atoms with E-state index in [0.29, 0.717) is 25.9 Å². The number of likely N-dealkylation sites (tertiary alicyclic amines) is 1. The minimum absolute atomic E-state index is 0.0322. The zero-order valence-electron chi connectivity index (χ0n) is 11.0. The summed E-state index contributed by atoms with van der Waals surface area (Å²) in [6, 6.07) is 0. The summed E-state index contributed by atoms with van der Waals surface area (Å²) in [6.07, 6.45) is 3.55. The first kappa shape index (κ1) is 15.9. The van der Waals surface area contributed by atoms with Crippen LogP contribution in [0.5, 0.6) is 0 Å². The summed E-state index contributed by atoms with van der Waals surface area (Å²) in [4.78, 5) is 23.7. The molecule has 0 aromatic carbocycles. The maximum Gasteiger partial charge on any atom is 0.303 e. The number of carboxylic acid groups (broad SMARTS) is 1. The van der Waals surface area contributed by atoms with Gasteiger partial charge in [-0.05, 0) is 32.1 Å². The Kier molecular flexibility index (Phi) is 6.27. The average molecular weight is 291 g/mol. The molecule has 0 bridgehead atoms. The van der Waals surface area contributed by atoms with Gasteiger partial charge in [0.25, 0.3) is 0 Å². The number of carboxylic acids is 1. The van der Waals surface area contributed by atoms with Gasteiger partial charge in [0.2, 0.25) is 5.91 Å². The lowest BCUT2D eigenvalue weighted by molar-refractivity contribution is -0.137. The van der Waals surface area contributed by atoms with E-state index in [0.717, 1.165) is 19.3 Å². The number of rotatable bonds is 7. The molecule has 0 aromatic rings. The molecule has 0 atom stereocenters. The average Bonchev–Trinajstić information content (AvgIpc) is 2.35. The smallest absolute Gasteiger partial charge is 0.303 e. The van der Waals surface area contributed by atoms with Crippen LogP contribution < -0.4 is 0 Å². The van der Waals surface area contributed by atoms with Gasteiger partial charge in [0, 0.05) is 19.5 Å². The quantitative estimate of drug-likeness (QED) is 0.696. The van der Waals surface area contributed by atoms with Crippen LogP contribution in [-0.4, -0.2) is 54.9 Å². The number of sulfone groups is 1. The second-order valence-electron chi connectivity index (χ2n) is 4.88. The van der Waals surface area contributed by atoms with Crippen LogP contribution >= 0.6 is 0 Å². The standard InChI is InChI=1S/C12H21NO5S/c14-11(13-7-3-1-4-8-13)10-19(17,18)9-5-2-6-12(15)16/h1-10H2,(H,15,16). The SMILES string of the molecule is O=C(O)CCCCS(=O)(=O)CC(=O)N1CCCCC1. The molecule has 19 heavy (non-hydrogen) atoms. The molecule has 0 unspecified atom stereocenters. The molecule has 0 radical (unpaired) electrons. The molecule has 0 saturated carbocycles. The van der Waals surface area contributed by atoms with Crippen LogP contribution in [0, 0.1) is 0 Å². The second-order valence-corrected chi connectivity index (χ2v) is 7.07. The summed E-state index contributed by atoms with van der Waals surface area (Å²) in [5, 5.41) is 8.45. The van der Waals surface area contributed by atoms with Crippen molar-refractivity contribution in [3.8, 4) is 0 Å². The van der Waals surface area contributed by atoms with Gasteiger partial charge >= 0.3 is 5.97 Å². The molecule has 1 saturated heterocycles. The molecular weight excluding hydrogens is 270 g/mol. The highest BCUT2D eigenvalue weighted by molar-refractivity contribution is 7.92. The van der Waals surface area contributed by atoms with Crippen LogP contribution in [0.15, 0.2) is 0 Å².